The largest absolute Gasteiger partial charge is 0.481 e. The van der Waals surface area contributed by atoms with E-state index in [1.807, 2.05) is 35.8 Å². The molecule has 2 rings (SSSR count). The Hall–Kier alpha value is -1.60. The molecule has 0 aliphatic carbocycles. The summed E-state index contributed by atoms with van der Waals surface area (Å²) in [5.41, 5.74) is 1.91. The number of fused-ring (bicyclic) bond motifs is 1. The maximum absolute atomic E-state index is 10.5. The van der Waals surface area contributed by atoms with Crippen molar-refractivity contribution in [2.45, 2.75) is 13.5 Å². The van der Waals surface area contributed by atoms with Crippen LogP contribution in [-0.2, 0) is 11.3 Å². The summed E-state index contributed by atoms with van der Waals surface area (Å²) >= 11 is 6.18. The van der Waals surface area contributed by atoms with Gasteiger partial charge in [-0.1, -0.05) is 36.1 Å². The lowest BCUT2D eigenvalue weighted by atomic mass is 10.3. The Kier molecular flexibility index (Phi) is 4.39. The van der Waals surface area contributed by atoms with Crippen molar-refractivity contribution in [1.29, 1.82) is 0 Å². The molecule has 19 heavy (non-hydrogen) atoms. The van der Waals surface area contributed by atoms with Gasteiger partial charge in [-0.3, -0.25) is 4.79 Å². The third-order valence-electron chi connectivity index (χ3n) is 2.51. The molecule has 2 aromatic rings. The van der Waals surface area contributed by atoms with E-state index in [0.29, 0.717) is 10.3 Å². The van der Waals surface area contributed by atoms with Crippen molar-refractivity contribution in [3.8, 4) is 0 Å². The van der Waals surface area contributed by atoms with Crippen LogP contribution < -0.4 is 5.32 Å². The van der Waals surface area contributed by atoms with Crippen LogP contribution >= 0.6 is 24.0 Å². The number of rotatable bonds is 4. The zero-order valence-electron chi connectivity index (χ0n) is 10.3. The van der Waals surface area contributed by atoms with Crippen LogP contribution in [0.3, 0.4) is 0 Å². The first-order valence-corrected chi connectivity index (χ1v) is 7.12. The molecular formula is C12H13N3O2S2. The average molecular weight is 295 g/mol. The van der Waals surface area contributed by atoms with Gasteiger partial charge in [-0.25, -0.2) is 4.98 Å². The zero-order chi connectivity index (χ0) is 13.8. The Labute approximate surface area is 120 Å². The molecule has 0 unspecified atom stereocenters. The number of nitrogens with zero attached hydrogens (tertiary/aromatic N) is 2. The van der Waals surface area contributed by atoms with E-state index in [1.165, 1.54) is 0 Å². The first kappa shape index (κ1) is 13.8. The number of para-hydroxylation sites is 2. The number of aromatic nitrogens is 2. The zero-order valence-corrected chi connectivity index (χ0v) is 11.9. The van der Waals surface area contributed by atoms with E-state index in [-0.39, 0.29) is 5.75 Å². The van der Waals surface area contributed by atoms with Gasteiger partial charge in [-0.05, 0) is 19.1 Å². The van der Waals surface area contributed by atoms with E-state index in [4.69, 9.17) is 17.3 Å². The van der Waals surface area contributed by atoms with E-state index in [2.05, 4.69) is 10.3 Å². The summed E-state index contributed by atoms with van der Waals surface area (Å²) in [6.45, 7) is 2.78. The molecule has 0 atom stereocenters. The second-order valence-corrected chi connectivity index (χ2v) is 5.42. The molecule has 100 valence electrons. The van der Waals surface area contributed by atoms with E-state index in [0.717, 1.165) is 29.3 Å². The van der Waals surface area contributed by atoms with Crippen molar-refractivity contribution in [1.82, 2.24) is 9.55 Å². The number of hydrogen-bond donors (Lipinski definition) is 2. The smallest absolute Gasteiger partial charge is 0.313 e. The molecule has 0 amide bonds. The molecule has 1 heterocycles. The van der Waals surface area contributed by atoms with Gasteiger partial charge in [-0.2, -0.15) is 0 Å². The molecule has 0 fully saturated rings. The minimum Gasteiger partial charge on any atom is -0.481 e. The van der Waals surface area contributed by atoms with Crippen LogP contribution in [0.25, 0.3) is 11.0 Å². The lowest BCUT2D eigenvalue weighted by molar-refractivity contribution is -0.133. The molecule has 0 radical (unpaired) electrons. The topological polar surface area (TPSA) is 67.2 Å². The van der Waals surface area contributed by atoms with Crippen molar-refractivity contribution >= 4 is 51.3 Å². The SMILES string of the molecule is CCn1c(NC(=S)SCC(=O)O)nc2ccccc21. The highest BCUT2D eigenvalue weighted by atomic mass is 32.2. The van der Waals surface area contributed by atoms with Gasteiger partial charge in [0.15, 0.2) is 0 Å². The molecule has 1 aromatic heterocycles. The number of carboxylic acids is 1. The van der Waals surface area contributed by atoms with E-state index >= 15 is 0 Å². The van der Waals surface area contributed by atoms with Crippen LogP contribution in [-0.4, -0.2) is 30.7 Å². The monoisotopic (exact) mass is 295 g/mol. The molecule has 0 aliphatic rings. The molecule has 0 bridgehead atoms. The van der Waals surface area contributed by atoms with Crippen LogP contribution in [0.15, 0.2) is 24.3 Å². The number of thiocarbonyl (C=S) groups is 1. The van der Waals surface area contributed by atoms with Crippen molar-refractivity contribution < 1.29 is 9.90 Å². The number of nitrogens with one attached hydrogen (secondary N) is 1. The number of carboxylic acid groups (broad SMARTS) is 1. The average Bonchev–Trinajstić information content (AvgIpc) is 2.73. The van der Waals surface area contributed by atoms with Crippen LogP contribution in [0.4, 0.5) is 5.95 Å². The van der Waals surface area contributed by atoms with Crippen LogP contribution in [0.1, 0.15) is 6.92 Å². The normalized spacial score (nSPS) is 10.6. The Morgan fingerprint density at radius 2 is 2.26 bits per heavy atom. The highest BCUT2D eigenvalue weighted by molar-refractivity contribution is 8.23. The third-order valence-corrected chi connectivity index (χ3v) is 3.72. The fourth-order valence-corrected chi connectivity index (χ4v) is 2.43. The van der Waals surface area contributed by atoms with Gasteiger partial charge < -0.3 is 15.0 Å². The van der Waals surface area contributed by atoms with E-state index in [1.54, 1.807) is 0 Å². The number of imidazole rings is 1. The van der Waals surface area contributed by atoms with Crippen molar-refractivity contribution in [2.75, 3.05) is 11.1 Å². The van der Waals surface area contributed by atoms with Gasteiger partial charge >= 0.3 is 5.97 Å². The van der Waals surface area contributed by atoms with Crippen molar-refractivity contribution in [3.05, 3.63) is 24.3 Å². The number of aliphatic carboxylic acids is 1. The molecule has 5 nitrogen and oxygen atoms in total. The summed E-state index contributed by atoms with van der Waals surface area (Å²) in [4.78, 5) is 14.9. The Morgan fingerprint density at radius 1 is 1.53 bits per heavy atom. The van der Waals surface area contributed by atoms with Crippen molar-refractivity contribution in [3.63, 3.8) is 0 Å². The second-order valence-electron chi connectivity index (χ2n) is 3.76. The van der Waals surface area contributed by atoms with Gasteiger partial charge in [-0.15, -0.1) is 0 Å². The molecule has 2 N–H and O–H groups in total. The molecule has 0 spiro atoms. The lowest BCUT2D eigenvalue weighted by Crippen LogP contribution is -2.12. The quantitative estimate of drug-likeness (QED) is 0.845. The fraction of sp³-hybridized carbons (Fsp3) is 0.250. The van der Waals surface area contributed by atoms with Gasteiger partial charge in [0, 0.05) is 6.54 Å². The molecule has 0 saturated carbocycles. The van der Waals surface area contributed by atoms with Gasteiger partial charge in [0.25, 0.3) is 0 Å². The Balaban J connectivity index is 2.20. The highest BCUT2D eigenvalue weighted by Crippen LogP contribution is 2.20. The summed E-state index contributed by atoms with van der Waals surface area (Å²) in [5, 5.41) is 11.6. The van der Waals surface area contributed by atoms with Crippen LogP contribution in [0.2, 0.25) is 0 Å². The molecule has 1 aromatic carbocycles. The summed E-state index contributed by atoms with van der Waals surface area (Å²) < 4.78 is 2.41. The molecule has 0 aliphatic heterocycles. The number of anilines is 1. The first-order valence-electron chi connectivity index (χ1n) is 5.72. The van der Waals surface area contributed by atoms with Gasteiger partial charge in [0.2, 0.25) is 5.95 Å². The van der Waals surface area contributed by atoms with Gasteiger partial charge in [0.1, 0.15) is 4.32 Å². The maximum atomic E-state index is 10.5. The molecule has 7 heteroatoms. The Bertz CT molecular complexity index is 624. The third kappa shape index (κ3) is 3.24. The van der Waals surface area contributed by atoms with E-state index < -0.39 is 5.97 Å². The number of thioether (sulfide) groups is 1. The first-order chi connectivity index (χ1) is 9.11. The predicted molar refractivity (Wildman–Crippen MR) is 81.7 cm³/mol. The number of aryl methyl sites for hydroxylation is 1. The summed E-state index contributed by atoms with van der Waals surface area (Å²) in [7, 11) is 0. The summed E-state index contributed by atoms with van der Waals surface area (Å²) in [6, 6.07) is 7.80. The fourth-order valence-electron chi connectivity index (χ4n) is 1.75. The van der Waals surface area contributed by atoms with Gasteiger partial charge in [0.05, 0.1) is 16.8 Å². The maximum Gasteiger partial charge on any atom is 0.313 e. The van der Waals surface area contributed by atoms with Crippen LogP contribution in [0.5, 0.6) is 0 Å². The summed E-state index contributed by atoms with van der Waals surface area (Å²) in [6.07, 6.45) is 0. The summed E-state index contributed by atoms with van der Waals surface area (Å²) in [5.74, 6) is -0.303. The molecular weight excluding hydrogens is 282 g/mol. The van der Waals surface area contributed by atoms with E-state index in [9.17, 15) is 4.79 Å². The number of carbonyl (C=O) groups is 1. The van der Waals surface area contributed by atoms with Crippen LogP contribution in [0, 0.1) is 0 Å². The Morgan fingerprint density at radius 3 is 2.95 bits per heavy atom. The minimum absolute atomic E-state index is 0.0574. The van der Waals surface area contributed by atoms with Crippen molar-refractivity contribution in [2.24, 2.45) is 0 Å². The lowest BCUT2D eigenvalue weighted by Gasteiger charge is -2.08. The number of benzene rings is 1. The molecule has 0 saturated heterocycles. The standard InChI is InChI=1S/C12H13N3O2S2/c1-2-15-9-6-4-3-5-8(9)13-11(15)14-12(18)19-7-10(16)17/h3-6H,2,7H2,1H3,(H,16,17)(H,13,14,18). The predicted octanol–water partition coefficient (Wildman–Crippen LogP) is 2.57. The second kappa shape index (κ2) is 6.03. The highest BCUT2D eigenvalue weighted by Gasteiger charge is 2.11. The minimum atomic E-state index is -0.891. The number of hydrogen-bond acceptors (Lipinski definition) is 4.